The normalized spacial score (nSPS) is 19.7. The molecule has 0 radical (unpaired) electrons. The smallest absolute Gasteiger partial charge is 0.171 e. The Kier molecular flexibility index (Phi) is 2.58. The third-order valence-electron chi connectivity index (χ3n) is 1.81. The lowest BCUT2D eigenvalue weighted by Crippen LogP contribution is -2.09. The molecule has 1 rings (SSSR count). The molecular weight excluding hydrogens is 153 g/mol. The molecule has 0 nitrogen and oxygen atoms in total. The molecular formula is C8H11F3. The fourth-order valence-corrected chi connectivity index (χ4v) is 1.32. The van der Waals surface area contributed by atoms with Crippen LogP contribution in [0.2, 0.25) is 0 Å². The first-order valence-corrected chi connectivity index (χ1v) is 3.82. The maximum Gasteiger partial charge on any atom is 0.392 e. The summed E-state index contributed by atoms with van der Waals surface area (Å²) in [6.07, 6.45) is 0.446. The molecule has 0 atom stereocenters. The predicted octanol–water partition coefficient (Wildman–Crippen LogP) is 3.44. The summed E-state index contributed by atoms with van der Waals surface area (Å²) in [6, 6.07) is 0. The van der Waals surface area contributed by atoms with Crippen LogP contribution in [0.3, 0.4) is 0 Å². The summed E-state index contributed by atoms with van der Waals surface area (Å²) < 4.78 is 35.4. The molecule has 0 saturated heterocycles. The van der Waals surface area contributed by atoms with Gasteiger partial charge in [0.05, 0.1) is 6.42 Å². The summed E-state index contributed by atoms with van der Waals surface area (Å²) in [7, 11) is 0. The van der Waals surface area contributed by atoms with Gasteiger partial charge in [-0.3, -0.25) is 0 Å². The highest BCUT2D eigenvalue weighted by Crippen LogP contribution is 2.29. The predicted molar refractivity (Wildman–Crippen MR) is 37.2 cm³/mol. The monoisotopic (exact) mass is 164 g/mol. The highest BCUT2D eigenvalue weighted by atomic mass is 19.4. The van der Waals surface area contributed by atoms with Crippen LogP contribution in [-0.4, -0.2) is 6.18 Å². The summed E-state index contributed by atoms with van der Waals surface area (Å²) >= 11 is 0. The Labute approximate surface area is 64.1 Å². The van der Waals surface area contributed by atoms with Gasteiger partial charge in [-0.1, -0.05) is 11.6 Å². The van der Waals surface area contributed by atoms with Crippen LogP contribution in [0.15, 0.2) is 11.6 Å². The van der Waals surface area contributed by atoms with Gasteiger partial charge in [0.2, 0.25) is 0 Å². The second kappa shape index (κ2) is 3.28. The molecule has 0 amide bonds. The molecule has 0 aliphatic heterocycles. The van der Waals surface area contributed by atoms with Crippen LogP contribution in [0.4, 0.5) is 13.2 Å². The van der Waals surface area contributed by atoms with E-state index >= 15 is 0 Å². The van der Waals surface area contributed by atoms with Gasteiger partial charge in [-0.15, -0.1) is 0 Å². The van der Waals surface area contributed by atoms with Crippen molar-refractivity contribution in [3.63, 3.8) is 0 Å². The van der Waals surface area contributed by atoms with Crippen molar-refractivity contribution in [2.45, 2.75) is 38.3 Å². The van der Waals surface area contributed by atoms with Gasteiger partial charge < -0.3 is 0 Å². The third-order valence-corrected chi connectivity index (χ3v) is 1.81. The van der Waals surface area contributed by atoms with E-state index in [9.17, 15) is 13.2 Å². The number of alkyl halides is 3. The minimum absolute atomic E-state index is 0.573. The number of allylic oxidation sites excluding steroid dienone is 2. The molecule has 0 spiro atoms. The zero-order valence-corrected chi connectivity index (χ0v) is 6.25. The first kappa shape index (κ1) is 8.62. The van der Waals surface area contributed by atoms with Crippen molar-refractivity contribution in [2.75, 3.05) is 0 Å². The van der Waals surface area contributed by atoms with E-state index in [0.717, 1.165) is 19.3 Å². The van der Waals surface area contributed by atoms with Crippen LogP contribution >= 0.6 is 0 Å². The van der Waals surface area contributed by atoms with Gasteiger partial charge in [-0.05, 0) is 25.7 Å². The summed E-state index contributed by atoms with van der Waals surface area (Å²) in [6.45, 7) is 0. The van der Waals surface area contributed by atoms with E-state index in [1.165, 1.54) is 0 Å². The Morgan fingerprint density at radius 1 is 1.27 bits per heavy atom. The summed E-state index contributed by atoms with van der Waals surface area (Å²) in [5.41, 5.74) is 0.573. The lowest BCUT2D eigenvalue weighted by Gasteiger charge is -2.13. The van der Waals surface area contributed by atoms with E-state index in [1.807, 2.05) is 0 Å². The van der Waals surface area contributed by atoms with Crippen LogP contribution in [0.5, 0.6) is 0 Å². The van der Waals surface area contributed by atoms with Gasteiger partial charge >= 0.3 is 6.18 Å². The molecule has 0 aromatic heterocycles. The van der Waals surface area contributed by atoms with Gasteiger partial charge in [0.1, 0.15) is 0 Å². The SMILES string of the molecule is FC(F)(F)CC1=CCCCC1. The second-order valence-electron chi connectivity index (χ2n) is 2.90. The quantitative estimate of drug-likeness (QED) is 0.521. The van der Waals surface area contributed by atoms with Crippen molar-refractivity contribution in [3.05, 3.63) is 11.6 Å². The van der Waals surface area contributed by atoms with E-state index in [-0.39, 0.29) is 0 Å². The number of rotatable bonds is 1. The minimum Gasteiger partial charge on any atom is -0.171 e. The molecule has 1 aliphatic carbocycles. The van der Waals surface area contributed by atoms with Gasteiger partial charge in [0.15, 0.2) is 0 Å². The maximum absolute atomic E-state index is 11.8. The summed E-state index contributed by atoms with van der Waals surface area (Å²) in [5, 5.41) is 0. The van der Waals surface area contributed by atoms with E-state index in [2.05, 4.69) is 0 Å². The Morgan fingerprint density at radius 2 is 2.00 bits per heavy atom. The Bertz CT molecular complexity index is 155. The number of hydrogen-bond acceptors (Lipinski definition) is 0. The number of halogens is 3. The average Bonchev–Trinajstić information content (AvgIpc) is 1.85. The molecule has 64 valence electrons. The van der Waals surface area contributed by atoms with Gasteiger partial charge in [-0.2, -0.15) is 13.2 Å². The molecule has 0 aromatic carbocycles. The molecule has 0 fully saturated rings. The molecule has 0 bridgehead atoms. The summed E-state index contributed by atoms with van der Waals surface area (Å²) in [4.78, 5) is 0. The van der Waals surface area contributed by atoms with E-state index in [1.54, 1.807) is 6.08 Å². The standard InChI is InChI=1S/C8H11F3/c9-8(10,11)6-7-4-2-1-3-5-7/h4H,1-3,5-6H2. The Balaban J connectivity index is 2.42. The van der Waals surface area contributed by atoms with E-state index in [4.69, 9.17) is 0 Å². The molecule has 0 aromatic rings. The second-order valence-corrected chi connectivity index (χ2v) is 2.90. The van der Waals surface area contributed by atoms with E-state index in [0.29, 0.717) is 12.0 Å². The van der Waals surface area contributed by atoms with Crippen LogP contribution in [0.25, 0.3) is 0 Å². The zero-order valence-electron chi connectivity index (χ0n) is 6.25. The summed E-state index contributed by atoms with van der Waals surface area (Å²) in [5.74, 6) is 0. The van der Waals surface area contributed by atoms with Crippen LogP contribution in [-0.2, 0) is 0 Å². The van der Waals surface area contributed by atoms with E-state index < -0.39 is 12.6 Å². The lowest BCUT2D eigenvalue weighted by molar-refractivity contribution is -0.127. The number of hydrogen-bond donors (Lipinski definition) is 0. The van der Waals surface area contributed by atoms with Crippen LogP contribution in [0.1, 0.15) is 32.1 Å². The molecule has 1 aliphatic rings. The van der Waals surface area contributed by atoms with Crippen molar-refractivity contribution in [2.24, 2.45) is 0 Å². The highest BCUT2D eigenvalue weighted by Gasteiger charge is 2.28. The van der Waals surface area contributed by atoms with Crippen molar-refractivity contribution in [1.29, 1.82) is 0 Å². The molecule has 0 unspecified atom stereocenters. The first-order chi connectivity index (χ1) is 5.08. The zero-order chi connectivity index (χ0) is 8.32. The largest absolute Gasteiger partial charge is 0.392 e. The van der Waals surface area contributed by atoms with Gasteiger partial charge in [-0.25, -0.2) is 0 Å². The van der Waals surface area contributed by atoms with Crippen molar-refractivity contribution in [1.82, 2.24) is 0 Å². The highest BCUT2D eigenvalue weighted by molar-refractivity contribution is 5.06. The van der Waals surface area contributed by atoms with Crippen molar-refractivity contribution in [3.8, 4) is 0 Å². The lowest BCUT2D eigenvalue weighted by atomic mass is 9.97. The molecule has 0 heterocycles. The Morgan fingerprint density at radius 3 is 2.45 bits per heavy atom. The maximum atomic E-state index is 11.8. The van der Waals surface area contributed by atoms with Crippen LogP contribution < -0.4 is 0 Å². The topological polar surface area (TPSA) is 0 Å². The molecule has 0 saturated carbocycles. The average molecular weight is 164 g/mol. The minimum atomic E-state index is -4.01. The molecule has 0 N–H and O–H groups in total. The molecule has 11 heavy (non-hydrogen) atoms. The third kappa shape index (κ3) is 3.44. The molecule has 3 heteroatoms. The first-order valence-electron chi connectivity index (χ1n) is 3.82. The van der Waals surface area contributed by atoms with Crippen molar-refractivity contribution < 1.29 is 13.2 Å². The fourth-order valence-electron chi connectivity index (χ4n) is 1.32. The fraction of sp³-hybridized carbons (Fsp3) is 0.750. The van der Waals surface area contributed by atoms with Gasteiger partial charge in [0.25, 0.3) is 0 Å². The van der Waals surface area contributed by atoms with Crippen LogP contribution in [0, 0.1) is 0 Å². The van der Waals surface area contributed by atoms with Gasteiger partial charge in [0, 0.05) is 0 Å². The van der Waals surface area contributed by atoms with Crippen molar-refractivity contribution >= 4 is 0 Å². The Hall–Kier alpha value is -0.470.